The minimum atomic E-state index is -3.61. The fourth-order valence-electron chi connectivity index (χ4n) is 1.57. The molecule has 0 saturated heterocycles. The van der Waals surface area contributed by atoms with E-state index in [1.165, 1.54) is 17.6 Å². The summed E-state index contributed by atoms with van der Waals surface area (Å²) < 4.78 is 24.2. The van der Waals surface area contributed by atoms with Crippen molar-refractivity contribution in [1.29, 1.82) is 0 Å². The van der Waals surface area contributed by atoms with E-state index in [9.17, 15) is 8.42 Å². The highest BCUT2D eigenvalue weighted by Crippen LogP contribution is 2.16. The standard InChI is InChI=1S/C13H14N2O2S2/c1-10-5-6-11(2)13(8-10)19(16,17)15-14-9-12-4-3-7-18-12/h3-9,15H,1-2H3. The van der Waals surface area contributed by atoms with Gasteiger partial charge in [0.05, 0.1) is 11.1 Å². The van der Waals surface area contributed by atoms with E-state index in [4.69, 9.17) is 0 Å². The van der Waals surface area contributed by atoms with Crippen LogP contribution in [0.4, 0.5) is 0 Å². The number of hydrazone groups is 1. The Kier molecular flexibility index (Phi) is 4.01. The number of nitrogens with one attached hydrogen (secondary N) is 1. The van der Waals surface area contributed by atoms with Gasteiger partial charge in [0.25, 0.3) is 10.0 Å². The van der Waals surface area contributed by atoms with Crippen LogP contribution >= 0.6 is 11.3 Å². The van der Waals surface area contributed by atoms with Gasteiger partial charge in [0.2, 0.25) is 0 Å². The molecule has 0 aliphatic heterocycles. The van der Waals surface area contributed by atoms with Crippen LogP contribution in [0.25, 0.3) is 0 Å². The maximum atomic E-state index is 12.1. The number of aryl methyl sites for hydroxylation is 2. The maximum absolute atomic E-state index is 12.1. The summed E-state index contributed by atoms with van der Waals surface area (Å²) in [7, 11) is -3.61. The summed E-state index contributed by atoms with van der Waals surface area (Å²) in [6, 6.07) is 9.04. The molecule has 0 fully saturated rings. The van der Waals surface area contributed by atoms with Crippen molar-refractivity contribution in [2.75, 3.05) is 0 Å². The number of benzene rings is 1. The molecule has 1 aromatic carbocycles. The highest BCUT2D eigenvalue weighted by Gasteiger charge is 2.15. The third kappa shape index (κ3) is 3.42. The zero-order valence-electron chi connectivity index (χ0n) is 10.6. The van der Waals surface area contributed by atoms with Gasteiger partial charge in [-0.25, -0.2) is 4.83 Å². The first-order valence-electron chi connectivity index (χ1n) is 5.65. The molecule has 0 aliphatic carbocycles. The van der Waals surface area contributed by atoms with Crippen molar-refractivity contribution in [2.24, 2.45) is 5.10 Å². The van der Waals surface area contributed by atoms with Gasteiger partial charge in [0.15, 0.2) is 0 Å². The predicted octanol–water partition coefficient (Wildman–Crippen LogP) is 2.68. The van der Waals surface area contributed by atoms with Crippen molar-refractivity contribution in [3.05, 3.63) is 51.7 Å². The van der Waals surface area contributed by atoms with E-state index in [2.05, 4.69) is 9.93 Å². The lowest BCUT2D eigenvalue weighted by Crippen LogP contribution is -2.19. The largest absolute Gasteiger partial charge is 0.276 e. The summed E-state index contributed by atoms with van der Waals surface area (Å²) in [4.78, 5) is 3.38. The van der Waals surface area contributed by atoms with E-state index >= 15 is 0 Å². The van der Waals surface area contributed by atoms with Crippen LogP contribution in [0.5, 0.6) is 0 Å². The van der Waals surface area contributed by atoms with E-state index in [1.54, 1.807) is 19.1 Å². The van der Waals surface area contributed by atoms with Gasteiger partial charge in [-0.15, -0.1) is 11.3 Å². The molecule has 2 rings (SSSR count). The van der Waals surface area contributed by atoms with Crippen LogP contribution in [0.1, 0.15) is 16.0 Å². The molecule has 0 spiro atoms. The normalized spacial score (nSPS) is 11.9. The summed E-state index contributed by atoms with van der Waals surface area (Å²) in [5.74, 6) is 0. The fourth-order valence-corrected chi connectivity index (χ4v) is 3.28. The summed E-state index contributed by atoms with van der Waals surface area (Å²) in [5.41, 5.74) is 1.60. The Balaban J connectivity index is 2.21. The molecule has 0 bridgehead atoms. The topological polar surface area (TPSA) is 58.5 Å². The third-order valence-corrected chi connectivity index (χ3v) is 4.71. The van der Waals surface area contributed by atoms with Crippen molar-refractivity contribution in [3.63, 3.8) is 0 Å². The minimum absolute atomic E-state index is 0.260. The van der Waals surface area contributed by atoms with Crippen molar-refractivity contribution in [2.45, 2.75) is 18.7 Å². The van der Waals surface area contributed by atoms with Crippen molar-refractivity contribution in [3.8, 4) is 0 Å². The Morgan fingerprint density at radius 2 is 2.05 bits per heavy atom. The van der Waals surface area contributed by atoms with Gasteiger partial charge in [-0.05, 0) is 42.5 Å². The van der Waals surface area contributed by atoms with Crippen LogP contribution in [-0.4, -0.2) is 14.6 Å². The van der Waals surface area contributed by atoms with E-state index in [1.807, 2.05) is 30.5 Å². The number of nitrogens with zero attached hydrogens (tertiary/aromatic N) is 1. The Morgan fingerprint density at radius 3 is 2.74 bits per heavy atom. The number of hydrogen-bond donors (Lipinski definition) is 1. The molecule has 1 aromatic heterocycles. The van der Waals surface area contributed by atoms with Crippen LogP contribution in [0.3, 0.4) is 0 Å². The van der Waals surface area contributed by atoms with Gasteiger partial charge in [-0.2, -0.15) is 13.5 Å². The molecule has 100 valence electrons. The van der Waals surface area contributed by atoms with Crippen molar-refractivity contribution in [1.82, 2.24) is 4.83 Å². The van der Waals surface area contributed by atoms with Gasteiger partial charge < -0.3 is 0 Å². The summed E-state index contributed by atoms with van der Waals surface area (Å²) in [6.07, 6.45) is 1.49. The van der Waals surface area contributed by atoms with Crippen molar-refractivity contribution >= 4 is 27.6 Å². The van der Waals surface area contributed by atoms with E-state index in [-0.39, 0.29) is 4.90 Å². The van der Waals surface area contributed by atoms with Gasteiger partial charge >= 0.3 is 0 Å². The molecule has 1 N–H and O–H groups in total. The van der Waals surface area contributed by atoms with Crippen LogP contribution < -0.4 is 4.83 Å². The molecule has 1 heterocycles. The molecule has 0 atom stereocenters. The van der Waals surface area contributed by atoms with E-state index in [0.717, 1.165) is 10.4 Å². The fraction of sp³-hybridized carbons (Fsp3) is 0.154. The van der Waals surface area contributed by atoms with Gasteiger partial charge in [-0.1, -0.05) is 18.2 Å². The Labute approximate surface area is 116 Å². The van der Waals surface area contributed by atoms with Gasteiger partial charge in [0.1, 0.15) is 0 Å². The first kappa shape index (κ1) is 13.8. The second-order valence-corrected chi connectivity index (χ2v) is 6.75. The first-order valence-corrected chi connectivity index (χ1v) is 8.01. The van der Waals surface area contributed by atoms with Crippen LogP contribution in [0.2, 0.25) is 0 Å². The molecule has 4 nitrogen and oxygen atoms in total. The van der Waals surface area contributed by atoms with Gasteiger partial charge in [-0.3, -0.25) is 0 Å². The number of thiophene rings is 1. The zero-order chi connectivity index (χ0) is 13.9. The lowest BCUT2D eigenvalue weighted by molar-refractivity contribution is 0.584. The Bertz CT molecular complexity index is 689. The molecule has 0 amide bonds. The quantitative estimate of drug-likeness (QED) is 0.696. The molecule has 0 unspecified atom stereocenters. The van der Waals surface area contributed by atoms with E-state index < -0.39 is 10.0 Å². The second kappa shape index (κ2) is 5.54. The average molecular weight is 294 g/mol. The molecule has 6 heteroatoms. The van der Waals surface area contributed by atoms with E-state index in [0.29, 0.717) is 5.56 Å². The Hall–Kier alpha value is -1.66. The molecule has 2 aromatic rings. The number of rotatable bonds is 4. The molecule has 0 radical (unpaired) electrons. The van der Waals surface area contributed by atoms with Crippen LogP contribution in [0, 0.1) is 13.8 Å². The zero-order valence-corrected chi connectivity index (χ0v) is 12.3. The maximum Gasteiger partial charge on any atom is 0.276 e. The SMILES string of the molecule is Cc1ccc(C)c(S(=O)(=O)NN=Cc2cccs2)c1. The van der Waals surface area contributed by atoms with Crippen LogP contribution in [0.15, 0.2) is 45.7 Å². The first-order chi connectivity index (χ1) is 8.99. The average Bonchev–Trinajstić information content (AvgIpc) is 2.85. The minimum Gasteiger partial charge on any atom is -0.200 e. The monoisotopic (exact) mass is 294 g/mol. The highest BCUT2D eigenvalue weighted by molar-refractivity contribution is 7.89. The van der Waals surface area contributed by atoms with Crippen LogP contribution in [-0.2, 0) is 10.0 Å². The number of sulfonamides is 1. The van der Waals surface area contributed by atoms with Gasteiger partial charge in [0, 0.05) is 4.88 Å². The highest BCUT2D eigenvalue weighted by atomic mass is 32.2. The lowest BCUT2D eigenvalue weighted by Gasteiger charge is -2.07. The summed E-state index contributed by atoms with van der Waals surface area (Å²) in [5, 5.41) is 5.68. The molecule has 0 saturated carbocycles. The lowest BCUT2D eigenvalue weighted by atomic mass is 10.2. The smallest absolute Gasteiger partial charge is 0.200 e. The molecule has 19 heavy (non-hydrogen) atoms. The molecular weight excluding hydrogens is 280 g/mol. The van der Waals surface area contributed by atoms with Crippen molar-refractivity contribution < 1.29 is 8.42 Å². The summed E-state index contributed by atoms with van der Waals surface area (Å²) in [6.45, 7) is 3.62. The third-order valence-electron chi connectivity index (χ3n) is 2.54. The Morgan fingerprint density at radius 1 is 1.26 bits per heavy atom. The molecule has 0 aliphatic rings. The second-order valence-electron chi connectivity index (χ2n) is 4.14. The predicted molar refractivity (Wildman–Crippen MR) is 78.2 cm³/mol. The summed E-state index contributed by atoms with van der Waals surface area (Å²) >= 11 is 1.49. The molecular formula is C13H14N2O2S2. The number of hydrogen-bond acceptors (Lipinski definition) is 4.